The number of ether oxygens (including phenoxy) is 2. The summed E-state index contributed by atoms with van der Waals surface area (Å²) in [5.74, 6) is 1.38. The highest BCUT2D eigenvalue weighted by molar-refractivity contribution is 5.69. The van der Waals surface area contributed by atoms with Gasteiger partial charge in [0.05, 0.1) is 0 Å². The molecule has 0 amide bonds. The molecule has 2 aromatic heterocycles. The average molecular weight is 177 g/mol. The van der Waals surface area contributed by atoms with Crippen LogP contribution in [0.4, 0.5) is 0 Å². The molecule has 0 radical (unpaired) electrons. The number of aryl methyl sites for hydroxylation is 1. The monoisotopic (exact) mass is 177 g/mol. The van der Waals surface area contributed by atoms with Crippen molar-refractivity contribution in [2.24, 2.45) is 0 Å². The van der Waals surface area contributed by atoms with E-state index in [0.29, 0.717) is 5.88 Å². The first kappa shape index (κ1) is 6.71. The van der Waals surface area contributed by atoms with E-state index in [0.717, 1.165) is 17.0 Å². The second-order valence-corrected chi connectivity index (χ2v) is 2.88. The van der Waals surface area contributed by atoms with Gasteiger partial charge in [-0.2, -0.15) is 10.1 Å². The minimum absolute atomic E-state index is 0.225. The topological polar surface area (TPSA) is 48.7 Å². The summed E-state index contributed by atoms with van der Waals surface area (Å²) >= 11 is 0. The number of aromatic nitrogens is 3. The summed E-state index contributed by atoms with van der Waals surface area (Å²) in [7, 11) is 0. The highest BCUT2D eigenvalue weighted by atomic mass is 16.7. The predicted octanol–water partition coefficient (Wildman–Crippen LogP) is 0.766. The Morgan fingerprint density at radius 3 is 3.31 bits per heavy atom. The van der Waals surface area contributed by atoms with E-state index in [9.17, 15) is 0 Å². The van der Waals surface area contributed by atoms with Crippen LogP contribution < -0.4 is 9.47 Å². The maximum Gasteiger partial charge on any atom is 0.248 e. The summed E-state index contributed by atoms with van der Waals surface area (Å²) in [6.45, 7) is 2.19. The first-order chi connectivity index (χ1) is 6.36. The molecule has 0 aliphatic carbocycles. The van der Waals surface area contributed by atoms with Gasteiger partial charge in [-0.3, -0.25) is 0 Å². The van der Waals surface area contributed by atoms with E-state index in [2.05, 4.69) is 10.1 Å². The van der Waals surface area contributed by atoms with Gasteiger partial charge in [-0.05, 0) is 6.92 Å². The first-order valence-corrected chi connectivity index (χ1v) is 3.95. The highest BCUT2D eigenvalue weighted by Crippen LogP contribution is 2.32. The van der Waals surface area contributed by atoms with Gasteiger partial charge in [0, 0.05) is 11.8 Å². The molecule has 0 saturated carbocycles. The fourth-order valence-corrected chi connectivity index (χ4v) is 1.50. The van der Waals surface area contributed by atoms with Gasteiger partial charge in [-0.25, -0.2) is 4.52 Å². The fourth-order valence-electron chi connectivity index (χ4n) is 1.50. The summed E-state index contributed by atoms with van der Waals surface area (Å²) in [5.41, 5.74) is 1.82. The lowest BCUT2D eigenvalue weighted by Crippen LogP contribution is -2.12. The van der Waals surface area contributed by atoms with Crippen LogP contribution >= 0.6 is 0 Å². The van der Waals surface area contributed by atoms with Crippen LogP contribution in [0.15, 0.2) is 12.4 Å². The molecule has 13 heavy (non-hydrogen) atoms. The van der Waals surface area contributed by atoms with Crippen molar-refractivity contribution in [1.82, 2.24) is 14.6 Å². The Hall–Kier alpha value is -1.78. The summed E-state index contributed by atoms with van der Waals surface area (Å²) in [4.78, 5) is 4.02. The smallest absolute Gasteiger partial charge is 0.248 e. The Morgan fingerprint density at radius 1 is 1.46 bits per heavy atom. The Morgan fingerprint density at radius 2 is 2.38 bits per heavy atom. The summed E-state index contributed by atoms with van der Waals surface area (Å²) in [6.07, 6.45) is 1.48. The molecule has 0 aromatic carbocycles. The van der Waals surface area contributed by atoms with Crippen LogP contribution in [0.5, 0.6) is 11.6 Å². The Bertz CT molecular complexity index is 477. The lowest BCUT2D eigenvalue weighted by Gasteiger charge is -2.13. The standard InChI is InChI=1S/C8H7N3O2/c1-5-2-6-7-8(13-4-12-6)9-3-10-11(5)7/h2-3H,4H2,1H3. The maximum atomic E-state index is 5.29. The molecule has 66 valence electrons. The van der Waals surface area contributed by atoms with E-state index in [4.69, 9.17) is 9.47 Å². The van der Waals surface area contributed by atoms with Gasteiger partial charge in [0.15, 0.2) is 11.3 Å². The van der Waals surface area contributed by atoms with E-state index in [1.54, 1.807) is 4.52 Å². The van der Waals surface area contributed by atoms with Crippen molar-refractivity contribution in [3.8, 4) is 11.6 Å². The summed E-state index contributed by atoms with van der Waals surface area (Å²) < 4.78 is 12.3. The minimum Gasteiger partial charge on any atom is -0.455 e. The third-order valence-corrected chi connectivity index (χ3v) is 2.07. The van der Waals surface area contributed by atoms with E-state index >= 15 is 0 Å². The number of nitrogens with zero attached hydrogens (tertiary/aromatic N) is 3. The first-order valence-electron chi connectivity index (χ1n) is 3.95. The molecular formula is C8H7N3O2. The Labute approximate surface area is 73.9 Å². The summed E-state index contributed by atoms with van der Waals surface area (Å²) in [6, 6.07) is 1.93. The van der Waals surface area contributed by atoms with Gasteiger partial charge in [-0.15, -0.1) is 0 Å². The van der Waals surface area contributed by atoms with Crippen LogP contribution in [-0.2, 0) is 0 Å². The van der Waals surface area contributed by atoms with Gasteiger partial charge in [0.2, 0.25) is 12.7 Å². The molecule has 5 nitrogen and oxygen atoms in total. The molecule has 0 atom stereocenters. The SMILES string of the molecule is Cc1cc2c3c(ncnn13)OCO2. The maximum absolute atomic E-state index is 5.29. The third-order valence-electron chi connectivity index (χ3n) is 2.07. The van der Waals surface area contributed by atoms with Gasteiger partial charge < -0.3 is 9.47 Å². The van der Waals surface area contributed by atoms with Crippen molar-refractivity contribution in [2.45, 2.75) is 6.92 Å². The van der Waals surface area contributed by atoms with Crippen LogP contribution in [0.1, 0.15) is 5.69 Å². The second kappa shape index (κ2) is 2.12. The molecular weight excluding hydrogens is 170 g/mol. The van der Waals surface area contributed by atoms with Crippen molar-refractivity contribution >= 4 is 5.52 Å². The Kier molecular flexibility index (Phi) is 1.10. The van der Waals surface area contributed by atoms with E-state index in [1.165, 1.54) is 6.33 Å². The predicted molar refractivity (Wildman–Crippen MR) is 43.8 cm³/mol. The van der Waals surface area contributed by atoms with Crippen LogP contribution in [0.2, 0.25) is 0 Å². The zero-order valence-corrected chi connectivity index (χ0v) is 7.02. The minimum atomic E-state index is 0.225. The Balaban J connectivity index is 2.51. The van der Waals surface area contributed by atoms with Crippen LogP contribution in [0.3, 0.4) is 0 Å². The van der Waals surface area contributed by atoms with Crippen LogP contribution in [0.25, 0.3) is 5.52 Å². The number of rotatable bonds is 0. The van der Waals surface area contributed by atoms with E-state index in [1.807, 2.05) is 13.0 Å². The zero-order valence-electron chi connectivity index (χ0n) is 7.02. The molecule has 3 rings (SSSR count). The van der Waals surface area contributed by atoms with Gasteiger partial charge >= 0.3 is 0 Å². The quantitative estimate of drug-likeness (QED) is 0.596. The van der Waals surface area contributed by atoms with E-state index in [-0.39, 0.29) is 6.79 Å². The lowest BCUT2D eigenvalue weighted by atomic mass is 10.4. The second-order valence-electron chi connectivity index (χ2n) is 2.88. The van der Waals surface area contributed by atoms with E-state index < -0.39 is 0 Å². The normalized spacial score (nSPS) is 13.9. The molecule has 0 saturated heterocycles. The molecule has 1 aliphatic rings. The molecule has 3 heterocycles. The summed E-state index contributed by atoms with van der Waals surface area (Å²) in [5, 5.41) is 4.09. The number of hydrogen-bond acceptors (Lipinski definition) is 4. The van der Waals surface area contributed by atoms with Crippen molar-refractivity contribution in [3.63, 3.8) is 0 Å². The van der Waals surface area contributed by atoms with Gasteiger partial charge in [-0.1, -0.05) is 0 Å². The lowest BCUT2D eigenvalue weighted by molar-refractivity contribution is 0.106. The molecule has 0 bridgehead atoms. The third kappa shape index (κ3) is 0.756. The van der Waals surface area contributed by atoms with Crippen molar-refractivity contribution in [1.29, 1.82) is 0 Å². The average Bonchev–Trinajstić information content (AvgIpc) is 2.47. The highest BCUT2D eigenvalue weighted by Gasteiger charge is 2.18. The molecule has 0 spiro atoms. The molecule has 0 fully saturated rings. The van der Waals surface area contributed by atoms with Crippen molar-refractivity contribution in [3.05, 3.63) is 18.1 Å². The molecule has 0 N–H and O–H groups in total. The number of hydrogen-bond donors (Lipinski definition) is 0. The molecule has 1 aliphatic heterocycles. The van der Waals surface area contributed by atoms with Crippen LogP contribution in [-0.4, -0.2) is 21.4 Å². The van der Waals surface area contributed by atoms with Gasteiger partial charge in [0.1, 0.15) is 6.33 Å². The van der Waals surface area contributed by atoms with Crippen LogP contribution in [0, 0.1) is 6.92 Å². The van der Waals surface area contributed by atoms with Crippen molar-refractivity contribution < 1.29 is 9.47 Å². The largest absolute Gasteiger partial charge is 0.455 e. The molecule has 2 aromatic rings. The molecule has 5 heteroatoms. The van der Waals surface area contributed by atoms with Gasteiger partial charge in [0.25, 0.3) is 0 Å². The zero-order chi connectivity index (χ0) is 8.84. The fraction of sp³-hybridized carbons (Fsp3) is 0.250. The van der Waals surface area contributed by atoms with Crippen molar-refractivity contribution in [2.75, 3.05) is 6.79 Å². The molecule has 0 unspecified atom stereocenters.